The molecule has 146 valence electrons. The Bertz CT molecular complexity index is 726. The first kappa shape index (κ1) is 21.5. The SMILES string of the molecule is CC(C)(C)N([O])c1cccc([Si](C)(C)c2cccc(N([O])C(C)(C)C)c2)c1. The van der Waals surface area contributed by atoms with E-state index in [9.17, 15) is 10.4 Å². The summed E-state index contributed by atoms with van der Waals surface area (Å²) in [7, 11) is -2.06. The predicted octanol–water partition coefficient (Wildman–Crippen LogP) is 4.41. The normalized spacial score (nSPS) is 12.8. The third kappa shape index (κ3) is 4.72. The van der Waals surface area contributed by atoms with Crippen molar-refractivity contribution >= 4 is 29.8 Å². The van der Waals surface area contributed by atoms with Gasteiger partial charge in [-0.05, 0) is 65.8 Å². The van der Waals surface area contributed by atoms with Gasteiger partial charge in [0.15, 0.2) is 0 Å². The van der Waals surface area contributed by atoms with E-state index in [2.05, 4.69) is 25.2 Å². The first-order valence-corrected chi connectivity index (χ1v) is 12.4. The second-order valence-electron chi connectivity index (χ2n) is 9.66. The smallest absolute Gasteiger partial charge is 0.112 e. The second-order valence-corrected chi connectivity index (χ2v) is 14.1. The Morgan fingerprint density at radius 3 is 1.30 bits per heavy atom. The fourth-order valence-electron chi connectivity index (χ4n) is 2.98. The van der Waals surface area contributed by atoms with Gasteiger partial charge in [0.2, 0.25) is 0 Å². The molecule has 0 unspecified atom stereocenters. The van der Waals surface area contributed by atoms with Crippen molar-refractivity contribution in [1.82, 2.24) is 0 Å². The molecule has 0 spiro atoms. The molecule has 0 amide bonds. The van der Waals surface area contributed by atoms with Crippen molar-refractivity contribution in [3.8, 4) is 0 Å². The van der Waals surface area contributed by atoms with E-state index in [4.69, 9.17) is 0 Å². The van der Waals surface area contributed by atoms with Crippen LogP contribution in [0.1, 0.15) is 41.5 Å². The number of hydroxylamine groups is 2. The van der Waals surface area contributed by atoms with Gasteiger partial charge in [-0.3, -0.25) is 0 Å². The van der Waals surface area contributed by atoms with E-state index in [-0.39, 0.29) is 0 Å². The standard InChI is InChI=1S/C22H32N2O2Si/c1-21(2,3)23(25)17-11-9-13-19(15-17)27(7,8)20-14-10-12-18(16-20)24(26)22(4,5)6/h9-16H,1-8H3. The van der Waals surface area contributed by atoms with Crippen LogP contribution in [0.15, 0.2) is 48.5 Å². The van der Waals surface area contributed by atoms with E-state index in [1.165, 1.54) is 10.4 Å². The molecule has 2 radical (unpaired) electrons. The number of hydrogen-bond acceptors (Lipinski definition) is 2. The van der Waals surface area contributed by atoms with Crippen molar-refractivity contribution in [2.24, 2.45) is 0 Å². The molecule has 2 rings (SSSR count). The fourth-order valence-corrected chi connectivity index (χ4v) is 5.36. The summed E-state index contributed by atoms with van der Waals surface area (Å²) >= 11 is 0. The van der Waals surface area contributed by atoms with Crippen LogP contribution in [-0.2, 0) is 10.4 Å². The van der Waals surface area contributed by atoms with E-state index >= 15 is 0 Å². The molecule has 0 atom stereocenters. The molecule has 0 aliphatic carbocycles. The van der Waals surface area contributed by atoms with E-state index in [1.807, 2.05) is 77.9 Å². The highest BCUT2D eigenvalue weighted by atomic mass is 28.3. The highest BCUT2D eigenvalue weighted by molar-refractivity contribution is 7.00. The first-order chi connectivity index (χ1) is 12.2. The minimum absolute atomic E-state index is 0.486. The summed E-state index contributed by atoms with van der Waals surface area (Å²) in [4.78, 5) is 0. The fraction of sp³-hybridized carbons (Fsp3) is 0.455. The van der Waals surface area contributed by atoms with Gasteiger partial charge in [0.05, 0.1) is 22.5 Å². The lowest BCUT2D eigenvalue weighted by molar-refractivity contribution is 0.102. The second kappa shape index (κ2) is 7.30. The summed E-state index contributed by atoms with van der Waals surface area (Å²) in [5.41, 5.74) is 0.383. The number of benzene rings is 2. The van der Waals surface area contributed by atoms with Gasteiger partial charge in [0, 0.05) is 0 Å². The highest BCUT2D eigenvalue weighted by Gasteiger charge is 2.30. The zero-order chi connectivity index (χ0) is 20.6. The lowest BCUT2D eigenvalue weighted by atomic mass is 10.1. The molecule has 27 heavy (non-hydrogen) atoms. The zero-order valence-electron chi connectivity index (χ0n) is 17.8. The Hall–Kier alpha value is -1.82. The maximum absolute atomic E-state index is 12.6. The average molecular weight is 385 g/mol. The van der Waals surface area contributed by atoms with Gasteiger partial charge in [-0.25, -0.2) is 10.1 Å². The van der Waals surface area contributed by atoms with Crippen molar-refractivity contribution in [2.75, 3.05) is 10.1 Å². The minimum Gasteiger partial charge on any atom is -0.215 e. The predicted molar refractivity (Wildman–Crippen MR) is 115 cm³/mol. The van der Waals surface area contributed by atoms with Crippen LogP contribution in [0.5, 0.6) is 0 Å². The molecule has 0 N–H and O–H groups in total. The molecule has 2 aromatic rings. The maximum atomic E-state index is 12.6. The molecule has 0 saturated heterocycles. The summed E-state index contributed by atoms with van der Waals surface area (Å²) in [6.07, 6.45) is 0. The highest BCUT2D eigenvalue weighted by Crippen LogP contribution is 2.24. The number of nitrogens with zero attached hydrogens (tertiary/aromatic N) is 2. The van der Waals surface area contributed by atoms with Gasteiger partial charge >= 0.3 is 0 Å². The summed E-state index contributed by atoms with van der Waals surface area (Å²) in [6, 6.07) is 15.8. The number of anilines is 2. The first-order valence-electron chi connectivity index (χ1n) is 9.40. The molecule has 0 aliphatic rings. The molecular weight excluding hydrogens is 352 g/mol. The van der Waals surface area contributed by atoms with Crippen molar-refractivity contribution in [2.45, 2.75) is 65.7 Å². The minimum atomic E-state index is -2.06. The Morgan fingerprint density at radius 2 is 1.00 bits per heavy atom. The van der Waals surface area contributed by atoms with Crippen LogP contribution in [0.4, 0.5) is 11.4 Å². The molecular formula is C22H32N2O2Si. The molecule has 0 aliphatic heterocycles. The lowest BCUT2D eigenvalue weighted by Gasteiger charge is -2.32. The van der Waals surface area contributed by atoms with Crippen molar-refractivity contribution < 1.29 is 10.4 Å². The summed E-state index contributed by atoms with van der Waals surface area (Å²) in [5.74, 6) is 0. The van der Waals surface area contributed by atoms with Crippen LogP contribution in [0.3, 0.4) is 0 Å². The number of hydrogen-bond donors (Lipinski definition) is 0. The average Bonchev–Trinajstić information content (AvgIpc) is 2.59. The molecule has 2 aromatic carbocycles. The largest absolute Gasteiger partial charge is 0.215 e. The topological polar surface area (TPSA) is 46.3 Å². The Balaban J connectivity index is 2.45. The van der Waals surface area contributed by atoms with E-state index in [1.54, 1.807) is 0 Å². The number of rotatable bonds is 4. The van der Waals surface area contributed by atoms with Crippen LogP contribution in [0.25, 0.3) is 0 Å². The van der Waals surface area contributed by atoms with Crippen LogP contribution in [0, 0.1) is 0 Å². The van der Waals surface area contributed by atoms with Gasteiger partial charge in [-0.2, -0.15) is 0 Å². The summed E-state index contributed by atoms with van der Waals surface area (Å²) in [6.45, 7) is 16.0. The molecule has 0 aromatic heterocycles. The van der Waals surface area contributed by atoms with Gasteiger partial charge in [0.1, 0.15) is 8.07 Å². The van der Waals surface area contributed by atoms with Gasteiger partial charge in [-0.1, -0.05) is 58.1 Å². The van der Waals surface area contributed by atoms with Crippen LogP contribution < -0.4 is 20.5 Å². The van der Waals surface area contributed by atoms with Crippen LogP contribution in [0.2, 0.25) is 13.1 Å². The molecule has 0 saturated carbocycles. The third-order valence-corrected chi connectivity index (χ3v) is 8.33. The molecule has 4 nitrogen and oxygen atoms in total. The van der Waals surface area contributed by atoms with Gasteiger partial charge < -0.3 is 0 Å². The molecule has 0 fully saturated rings. The quantitative estimate of drug-likeness (QED) is 0.579. The Labute approximate surface area is 165 Å². The third-order valence-electron chi connectivity index (χ3n) is 4.82. The lowest BCUT2D eigenvalue weighted by Crippen LogP contribution is -2.53. The summed E-state index contributed by atoms with van der Waals surface area (Å²) in [5, 5.41) is 29.7. The molecule has 0 bridgehead atoms. The maximum Gasteiger partial charge on any atom is 0.112 e. The molecule has 0 heterocycles. The van der Waals surface area contributed by atoms with Crippen LogP contribution >= 0.6 is 0 Å². The van der Waals surface area contributed by atoms with Crippen molar-refractivity contribution in [3.05, 3.63) is 48.5 Å². The Morgan fingerprint density at radius 1 is 0.667 bits per heavy atom. The van der Waals surface area contributed by atoms with E-state index in [0.717, 1.165) is 10.1 Å². The van der Waals surface area contributed by atoms with Gasteiger partial charge in [-0.15, -0.1) is 0 Å². The summed E-state index contributed by atoms with van der Waals surface area (Å²) < 4.78 is 0. The van der Waals surface area contributed by atoms with Crippen molar-refractivity contribution in [1.29, 1.82) is 0 Å². The van der Waals surface area contributed by atoms with E-state index < -0.39 is 19.2 Å². The zero-order valence-corrected chi connectivity index (χ0v) is 18.8. The monoisotopic (exact) mass is 384 g/mol. The Kier molecular flexibility index (Phi) is 5.81. The van der Waals surface area contributed by atoms with E-state index in [0.29, 0.717) is 11.4 Å². The van der Waals surface area contributed by atoms with Crippen LogP contribution in [-0.4, -0.2) is 19.2 Å². The van der Waals surface area contributed by atoms with Gasteiger partial charge in [0.25, 0.3) is 0 Å². The molecule has 5 heteroatoms. The van der Waals surface area contributed by atoms with Crippen molar-refractivity contribution in [3.63, 3.8) is 0 Å².